The van der Waals surface area contributed by atoms with E-state index in [-0.39, 0.29) is 0 Å². The quantitative estimate of drug-likeness (QED) is 0.207. The molecule has 0 radical (unpaired) electrons. The van der Waals surface area contributed by atoms with Crippen molar-refractivity contribution in [2.75, 3.05) is 0 Å². The van der Waals surface area contributed by atoms with Crippen LogP contribution in [0.25, 0.3) is 94.1 Å². The predicted octanol–water partition coefficient (Wildman–Crippen LogP) is 10.3. The molecular weight excluding hydrogens is 548 g/mol. The summed E-state index contributed by atoms with van der Waals surface area (Å²) in [7, 11) is 0. The van der Waals surface area contributed by atoms with Crippen LogP contribution in [0.5, 0.6) is 0 Å². The molecule has 0 spiro atoms. The molecule has 1 aliphatic rings. The first-order chi connectivity index (χ1) is 22.3. The highest BCUT2D eigenvalue weighted by Crippen LogP contribution is 2.51. The lowest BCUT2D eigenvalue weighted by Crippen LogP contribution is -2.03. The van der Waals surface area contributed by atoms with Crippen LogP contribution < -0.4 is 0 Å². The van der Waals surface area contributed by atoms with Crippen LogP contribution in [0, 0.1) is 0 Å². The average molecular weight is 573 g/mol. The molecule has 0 unspecified atom stereocenters. The van der Waals surface area contributed by atoms with Gasteiger partial charge in [0.05, 0.1) is 22.1 Å². The Hall–Kier alpha value is -6.13. The molecule has 10 rings (SSSR count). The topological polar surface area (TPSA) is 43.6 Å². The molecule has 0 bridgehead atoms. The Morgan fingerprint density at radius 3 is 2.04 bits per heavy atom. The van der Waals surface area contributed by atoms with Crippen LogP contribution in [0.4, 0.5) is 0 Å². The lowest BCUT2D eigenvalue weighted by Gasteiger charge is -2.15. The number of para-hydroxylation sites is 3. The van der Waals surface area contributed by atoms with Crippen molar-refractivity contribution in [2.24, 2.45) is 0 Å². The van der Waals surface area contributed by atoms with Crippen molar-refractivity contribution in [1.29, 1.82) is 0 Å². The summed E-state index contributed by atoms with van der Waals surface area (Å²) in [6.45, 7) is 0. The second-order valence-corrected chi connectivity index (χ2v) is 11.6. The number of aromatic nitrogens is 4. The molecule has 208 valence electrons. The van der Waals surface area contributed by atoms with Crippen molar-refractivity contribution < 1.29 is 0 Å². The van der Waals surface area contributed by atoms with E-state index in [1.165, 1.54) is 49.4 Å². The van der Waals surface area contributed by atoms with Gasteiger partial charge in [0, 0.05) is 39.9 Å². The summed E-state index contributed by atoms with van der Waals surface area (Å²) in [5, 5.41) is 4.88. The minimum atomic E-state index is 0.816. The molecular formula is C41H24N4. The highest BCUT2D eigenvalue weighted by molar-refractivity contribution is 6.23. The van der Waals surface area contributed by atoms with Gasteiger partial charge in [-0.1, -0.05) is 103 Å². The summed E-state index contributed by atoms with van der Waals surface area (Å²) >= 11 is 0. The number of hydrogen-bond acceptors (Lipinski definition) is 3. The molecule has 0 fully saturated rings. The molecule has 0 N–H and O–H groups in total. The zero-order valence-corrected chi connectivity index (χ0v) is 24.1. The second kappa shape index (κ2) is 9.18. The number of fused-ring (bicyclic) bond motifs is 10. The van der Waals surface area contributed by atoms with Crippen LogP contribution in [0.2, 0.25) is 0 Å². The fraction of sp³-hybridized carbons (Fsp3) is 0. The Labute approximate surface area is 258 Å². The van der Waals surface area contributed by atoms with Gasteiger partial charge in [-0.25, -0.2) is 9.97 Å². The summed E-state index contributed by atoms with van der Waals surface area (Å²) in [5.74, 6) is 0.816. The van der Waals surface area contributed by atoms with Crippen LogP contribution in [0.3, 0.4) is 0 Å². The third kappa shape index (κ3) is 3.39. The summed E-state index contributed by atoms with van der Waals surface area (Å²) < 4.78 is 2.31. The van der Waals surface area contributed by atoms with E-state index in [1.807, 2.05) is 42.7 Å². The van der Waals surface area contributed by atoms with Crippen LogP contribution in [0.1, 0.15) is 0 Å². The molecule has 0 saturated heterocycles. The zero-order chi connectivity index (χ0) is 29.5. The summed E-state index contributed by atoms with van der Waals surface area (Å²) in [4.78, 5) is 15.2. The van der Waals surface area contributed by atoms with Crippen LogP contribution >= 0.6 is 0 Å². The molecule has 0 saturated carbocycles. The van der Waals surface area contributed by atoms with Crippen molar-refractivity contribution in [1.82, 2.24) is 19.5 Å². The van der Waals surface area contributed by atoms with Crippen molar-refractivity contribution in [3.63, 3.8) is 0 Å². The third-order valence-electron chi connectivity index (χ3n) is 9.23. The van der Waals surface area contributed by atoms with E-state index in [0.717, 1.165) is 44.7 Å². The van der Waals surface area contributed by atoms with Crippen LogP contribution in [-0.4, -0.2) is 19.5 Å². The number of pyridine rings is 1. The van der Waals surface area contributed by atoms with Crippen molar-refractivity contribution in [3.8, 4) is 50.5 Å². The number of rotatable bonds is 2. The standard InChI is InChI=1S/C41H24N4/c1-2-10-26(11-3-1)40-41(44-34-18-6-5-17-33(34)43-40)45-35-19-7-4-14-31(35)39-36(45)21-20-30-29-16-9-13-25-12-8-15-28(37(25)29)27-22-23-42-24-32(27)38(30)39/h1-24H. The smallest absolute Gasteiger partial charge is 0.165 e. The molecule has 0 aliphatic heterocycles. The van der Waals surface area contributed by atoms with Gasteiger partial charge in [0.2, 0.25) is 0 Å². The van der Waals surface area contributed by atoms with E-state index in [4.69, 9.17) is 9.97 Å². The molecule has 4 heteroatoms. The van der Waals surface area contributed by atoms with E-state index >= 15 is 0 Å². The fourth-order valence-electron chi connectivity index (χ4n) is 7.35. The van der Waals surface area contributed by atoms with Crippen molar-refractivity contribution in [3.05, 3.63) is 146 Å². The van der Waals surface area contributed by atoms with E-state index in [9.17, 15) is 0 Å². The van der Waals surface area contributed by atoms with Crippen molar-refractivity contribution in [2.45, 2.75) is 0 Å². The molecule has 4 nitrogen and oxygen atoms in total. The predicted molar refractivity (Wildman–Crippen MR) is 184 cm³/mol. The first kappa shape index (κ1) is 24.3. The number of benzene rings is 6. The average Bonchev–Trinajstić information content (AvgIpc) is 3.38. The molecule has 3 heterocycles. The van der Waals surface area contributed by atoms with Crippen LogP contribution in [0.15, 0.2) is 146 Å². The normalized spacial score (nSPS) is 12.0. The van der Waals surface area contributed by atoms with Gasteiger partial charge in [-0.05, 0) is 63.4 Å². The first-order valence-electron chi connectivity index (χ1n) is 15.2. The van der Waals surface area contributed by atoms with Gasteiger partial charge in [0.15, 0.2) is 5.82 Å². The summed E-state index contributed by atoms with van der Waals surface area (Å²) in [5.41, 5.74) is 13.0. The number of nitrogens with zero attached hydrogens (tertiary/aromatic N) is 4. The Morgan fingerprint density at radius 2 is 1.20 bits per heavy atom. The summed E-state index contributed by atoms with van der Waals surface area (Å²) in [6, 6.07) is 47.2. The summed E-state index contributed by atoms with van der Waals surface area (Å²) in [6.07, 6.45) is 3.95. The van der Waals surface area contributed by atoms with E-state index in [2.05, 4.69) is 113 Å². The van der Waals surface area contributed by atoms with Crippen molar-refractivity contribution >= 4 is 43.6 Å². The molecule has 45 heavy (non-hydrogen) atoms. The fourth-order valence-corrected chi connectivity index (χ4v) is 7.35. The van der Waals surface area contributed by atoms with Gasteiger partial charge >= 0.3 is 0 Å². The minimum Gasteiger partial charge on any atom is -0.292 e. The van der Waals surface area contributed by atoms with E-state index < -0.39 is 0 Å². The molecule has 0 atom stereocenters. The zero-order valence-electron chi connectivity index (χ0n) is 24.1. The van der Waals surface area contributed by atoms with Gasteiger partial charge in [-0.2, -0.15) is 0 Å². The maximum Gasteiger partial charge on any atom is 0.165 e. The van der Waals surface area contributed by atoms with E-state index in [0.29, 0.717) is 0 Å². The highest BCUT2D eigenvalue weighted by Gasteiger charge is 2.27. The van der Waals surface area contributed by atoms with Gasteiger partial charge < -0.3 is 0 Å². The number of hydrogen-bond donors (Lipinski definition) is 0. The Morgan fingerprint density at radius 1 is 0.467 bits per heavy atom. The monoisotopic (exact) mass is 572 g/mol. The van der Waals surface area contributed by atoms with Gasteiger partial charge in [-0.3, -0.25) is 9.55 Å². The SMILES string of the molecule is c1ccc(-c2nc3ccccc3nc2-n2c3ccccc3c3c4c(ccc32)-c2cccc3cccc(c23)-c2ccncc2-4)cc1. The Kier molecular flexibility index (Phi) is 4.96. The lowest BCUT2D eigenvalue weighted by atomic mass is 9.91. The molecule has 0 amide bonds. The molecule has 6 aromatic carbocycles. The van der Waals surface area contributed by atoms with Gasteiger partial charge in [0.25, 0.3) is 0 Å². The third-order valence-corrected chi connectivity index (χ3v) is 9.23. The molecule has 1 aliphatic carbocycles. The second-order valence-electron chi connectivity index (χ2n) is 11.6. The maximum atomic E-state index is 5.32. The molecule has 3 aromatic heterocycles. The highest BCUT2D eigenvalue weighted by atomic mass is 15.1. The van der Waals surface area contributed by atoms with E-state index in [1.54, 1.807) is 0 Å². The van der Waals surface area contributed by atoms with Gasteiger partial charge in [0.1, 0.15) is 5.69 Å². The first-order valence-corrected chi connectivity index (χ1v) is 15.2. The van der Waals surface area contributed by atoms with Gasteiger partial charge in [-0.15, -0.1) is 0 Å². The molecule has 9 aromatic rings. The minimum absolute atomic E-state index is 0.816. The maximum absolute atomic E-state index is 5.32. The largest absolute Gasteiger partial charge is 0.292 e. The Bertz CT molecular complexity index is 2650. The Balaban J connectivity index is 1.40. The van der Waals surface area contributed by atoms with Crippen LogP contribution in [-0.2, 0) is 0 Å². The lowest BCUT2D eigenvalue weighted by molar-refractivity contribution is 1.08.